The largest absolute Gasteiger partial charge is 0.305 e. The second-order valence-corrected chi connectivity index (χ2v) is 4.27. The maximum atomic E-state index is 11.7. The molecule has 0 bridgehead atoms. The average molecular weight is 268 g/mol. The third-order valence-electron chi connectivity index (χ3n) is 2.40. The van der Waals surface area contributed by atoms with Crippen molar-refractivity contribution in [2.75, 3.05) is 11.4 Å². The van der Waals surface area contributed by atoms with Crippen LogP contribution < -0.4 is 4.90 Å². The van der Waals surface area contributed by atoms with Crippen molar-refractivity contribution in [3.8, 4) is 0 Å². The Hall–Kier alpha value is -1.16. The van der Waals surface area contributed by atoms with Crippen LogP contribution in [-0.2, 0) is 4.79 Å². The van der Waals surface area contributed by atoms with E-state index in [1.807, 2.05) is 13.0 Å². The summed E-state index contributed by atoms with van der Waals surface area (Å²) in [5.41, 5.74) is 1.22. The lowest BCUT2D eigenvalue weighted by Crippen LogP contribution is -2.30. The first-order chi connectivity index (χ1) is 7.16. The normalized spacial score (nSPS) is 14.7. The van der Waals surface area contributed by atoms with E-state index in [9.17, 15) is 9.59 Å². The first-order valence-corrected chi connectivity index (χ1v) is 5.60. The minimum Gasteiger partial charge on any atom is -0.305 e. The number of benzene rings is 1. The summed E-state index contributed by atoms with van der Waals surface area (Å²) in [6.07, 6.45) is 0.838. The zero-order valence-corrected chi connectivity index (χ0v) is 9.87. The van der Waals surface area contributed by atoms with Crippen molar-refractivity contribution in [2.45, 2.75) is 13.3 Å². The van der Waals surface area contributed by atoms with Crippen LogP contribution >= 0.6 is 15.9 Å². The molecule has 1 aliphatic rings. The summed E-state index contributed by atoms with van der Waals surface area (Å²) in [7, 11) is 0. The maximum Gasteiger partial charge on any atom is 0.299 e. The molecule has 0 radical (unpaired) electrons. The number of Topliss-reactive ketones (excluding diaryl/α,β-unsaturated/α-hetero) is 1. The predicted octanol–water partition coefficient (Wildman–Crippen LogP) is 2.39. The Morgan fingerprint density at radius 2 is 2.07 bits per heavy atom. The monoisotopic (exact) mass is 267 g/mol. The van der Waals surface area contributed by atoms with Crippen LogP contribution in [0.25, 0.3) is 0 Å². The summed E-state index contributed by atoms with van der Waals surface area (Å²) >= 11 is 3.29. The van der Waals surface area contributed by atoms with Crippen LogP contribution in [-0.4, -0.2) is 18.2 Å². The highest BCUT2D eigenvalue weighted by Crippen LogP contribution is 2.34. The standard InChI is InChI=1S/C11H10BrNO2/c1-2-6-13-8-5-3-4-7(12)9(8)10(14)11(13)15/h3-5H,2,6H2,1H3. The molecule has 1 aromatic rings. The van der Waals surface area contributed by atoms with Crippen molar-refractivity contribution in [1.82, 2.24) is 0 Å². The summed E-state index contributed by atoms with van der Waals surface area (Å²) in [5.74, 6) is -0.829. The fourth-order valence-electron chi connectivity index (χ4n) is 1.75. The highest BCUT2D eigenvalue weighted by molar-refractivity contribution is 9.10. The number of amides is 1. The number of rotatable bonds is 2. The van der Waals surface area contributed by atoms with Crippen molar-refractivity contribution in [3.05, 3.63) is 28.2 Å². The van der Waals surface area contributed by atoms with Crippen LogP contribution in [0.4, 0.5) is 5.69 Å². The van der Waals surface area contributed by atoms with Crippen molar-refractivity contribution in [1.29, 1.82) is 0 Å². The average Bonchev–Trinajstić information content (AvgIpc) is 2.45. The highest BCUT2D eigenvalue weighted by Gasteiger charge is 2.36. The third-order valence-corrected chi connectivity index (χ3v) is 3.06. The molecule has 0 unspecified atom stereocenters. The second kappa shape index (κ2) is 3.77. The van der Waals surface area contributed by atoms with E-state index in [1.165, 1.54) is 0 Å². The molecular weight excluding hydrogens is 258 g/mol. The van der Waals surface area contributed by atoms with Crippen molar-refractivity contribution in [2.24, 2.45) is 0 Å². The number of nitrogens with zero attached hydrogens (tertiary/aromatic N) is 1. The first-order valence-electron chi connectivity index (χ1n) is 4.81. The number of hydrogen-bond donors (Lipinski definition) is 0. The van der Waals surface area contributed by atoms with Gasteiger partial charge in [-0.05, 0) is 34.5 Å². The number of anilines is 1. The maximum absolute atomic E-state index is 11.7. The molecule has 0 fully saturated rings. The molecule has 2 rings (SSSR count). The van der Waals surface area contributed by atoms with Gasteiger partial charge in [0.2, 0.25) is 0 Å². The summed E-state index contributed by atoms with van der Waals surface area (Å²) in [6.45, 7) is 2.57. The Morgan fingerprint density at radius 3 is 2.73 bits per heavy atom. The van der Waals surface area contributed by atoms with Crippen molar-refractivity contribution in [3.63, 3.8) is 0 Å². The van der Waals surface area contributed by atoms with Crippen LogP contribution in [0.3, 0.4) is 0 Å². The van der Waals surface area contributed by atoms with Gasteiger partial charge in [-0.1, -0.05) is 13.0 Å². The SMILES string of the molecule is CCCN1C(=O)C(=O)c2c(Br)cccc21. The van der Waals surface area contributed by atoms with E-state index in [-0.39, 0.29) is 0 Å². The lowest BCUT2D eigenvalue weighted by Gasteiger charge is -2.14. The van der Waals surface area contributed by atoms with Crippen LogP contribution in [0.15, 0.2) is 22.7 Å². The fourth-order valence-corrected chi connectivity index (χ4v) is 2.28. The van der Waals surface area contributed by atoms with E-state index in [4.69, 9.17) is 0 Å². The van der Waals surface area contributed by atoms with E-state index in [1.54, 1.807) is 17.0 Å². The van der Waals surface area contributed by atoms with Gasteiger partial charge >= 0.3 is 0 Å². The van der Waals surface area contributed by atoms with Gasteiger partial charge in [-0.2, -0.15) is 0 Å². The minimum absolute atomic E-state index is 0.411. The predicted molar refractivity (Wildman–Crippen MR) is 61.1 cm³/mol. The molecule has 1 heterocycles. The molecule has 0 atom stereocenters. The van der Waals surface area contributed by atoms with Gasteiger partial charge in [0.25, 0.3) is 11.7 Å². The number of halogens is 1. The molecule has 0 saturated heterocycles. The Bertz CT molecular complexity index is 442. The van der Waals surface area contributed by atoms with E-state index in [2.05, 4.69) is 15.9 Å². The quantitative estimate of drug-likeness (QED) is 0.772. The second-order valence-electron chi connectivity index (χ2n) is 3.42. The van der Waals surface area contributed by atoms with Gasteiger partial charge < -0.3 is 4.90 Å². The molecule has 4 heteroatoms. The van der Waals surface area contributed by atoms with Crippen molar-refractivity contribution < 1.29 is 9.59 Å². The summed E-state index contributed by atoms with van der Waals surface area (Å²) in [4.78, 5) is 24.9. The molecule has 1 aromatic carbocycles. The molecule has 0 N–H and O–H groups in total. The molecule has 0 saturated carbocycles. The zero-order valence-electron chi connectivity index (χ0n) is 8.29. The summed E-state index contributed by atoms with van der Waals surface area (Å²) < 4.78 is 0.692. The Morgan fingerprint density at radius 1 is 1.33 bits per heavy atom. The lowest BCUT2D eigenvalue weighted by molar-refractivity contribution is -0.114. The Labute approximate surface area is 96.2 Å². The van der Waals surface area contributed by atoms with Crippen LogP contribution in [0.2, 0.25) is 0 Å². The fraction of sp³-hybridized carbons (Fsp3) is 0.273. The topological polar surface area (TPSA) is 37.4 Å². The summed E-state index contributed by atoms with van der Waals surface area (Å²) in [5, 5.41) is 0. The van der Waals surface area contributed by atoms with Gasteiger partial charge in [0.1, 0.15) is 0 Å². The molecule has 78 valence electrons. The van der Waals surface area contributed by atoms with E-state index in [0.29, 0.717) is 16.6 Å². The molecule has 1 aliphatic heterocycles. The third kappa shape index (κ3) is 1.49. The smallest absolute Gasteiger partial charge is 0.299 e. The Balaban J connectivity index is 2.55. The molecule has 15 heavy (non-hydrogen) atoms. The van der Waals surface area contributed by atoms with Gasteiger partial charge in [-0.3, -0.25) is 9.59 Å². The molecule has 0 aromatic heterocycles. The van der Waals surface area contributed by atoms with Gasteiger partial charge in [-0.15, -0.1) is 0 Å². The van der Waals surface area contributed by atoms with E-state index < -0.39 is 11.7 Å². The van der Waals surface area contributed by atoms with Gasteiger partial charge in [-0.25, -0.2) is 0 Å². The van der Waals surface area contributed by atoms with Crippen LogP contribution in [0, 0.1) is 0 Å². The molecule has 0 aliphatic carbocycles. The number of ketones is 1. The zero-order chi connectivity index (χ0) is 11.0. The lowest BCUT2D eigenvalue weighted by atomic mass is 10.1. The van der Waals surface area contributed by atoms with Gasteiger partial charge in [0.05, 0.1) is 11.3 Å². The molecular formula is C11H10BrNO2. The van der Waals surface area contributed by atoms with E-state index >= 15 is 0 Å². The number of hydrogen-bond acceptors (Lipinski definition) is 2. The minimum atomic E-state index is -0.418. The molecule has 1 amide bonds. The van der Waals surface area contributed by atoms with Gasteiger partial charge in [0.15, 0.2) is 0 Å². The number of carbonyl (C=O) groups excluding carboxylic acids is 2. The number of fused-ring (bicyclic) bond motifs is 1. The number of carbonyl (C=O) groups is 2. The van der Waals surface area contributed by atoms with E-state index in [0.717, 1.165) is 12.1 Å². The van der Waals surface area contributed by atoms with Gasteiger partial charge in [0, 0.05) is 11.0 Å². The van der Waals surface area contributed by atoms with Crippen LogP contribution in [0.5, 0.6) is 0 Å². The highest BCUT2D eigenvalue weighted by atomic mass is 79.9. The summed E-state index contributed by atoms with van der Waals surface area (Å²) in [6, 6.07) is 5.41. The molecule has 0 spiro atoms. The van der Waals surface area contributed by atoms with Crippen molar-refractivity contribution >= 4 is 33.3 Å². The van der Waals surface area contributed by atoms with Crippen LogP contribution in [0.1, 0.15) is 23.7 Å². The molecule has 3 nitrogen and oxygen atoms in total. The first kappa shape index (κ1) is 10.4. The Kier molecular flexibility index (Phi) is 2.61.